The van der Waals surface area contributed by atoms with Crippen LogP contribution in [0.25, 0.3) is 0 Å². The molecule has 0 bridgehead atoms. The summed E-state index contributed by atoms with van der Waals surface area (Å²) in [5.41, 5.74) is 0. The lowest BCUT2D eigenvalue weighted by molar-refractivity contribution is 0.143. The maximum Gasteiger partial charge on any atom is 0.0246 e. The second-order valence-corrected chi connectivity index (χ2v) is 5.09. The maximum atomic E-state index is 3.51. The molecule has 0 saturated heterocycles. The fraction of sp³-hybridized carbons (Fsp3) is 1.00. The van der Waals surface area contributed by atoms with Gasteiger partial charge in [0.05, 0.1) is 0 Å². The van der Waals surface area contributed by atoms with Crippen molar-refractivity contribution in [2.24, 2.45) is 5.92 Å². The molecular weight excluding hydrogens is 184 g/mol. The summed E-state index contributed by atoms with van der Waals surface area (Å²) in [7, 11) is 0. The Balaban J connectivity index is 2.48. The minimum absolute atomic E-state index is 0.734. The van der Waals surface area contributed by atoms with E-state index in [1.165, 1.54) is 25.8 Å². The van der Waals surface area contributed by atoms with E-state index in [1.807, 2.05) is 0 Å². The van der Waals surface area contributed by atoms with E-state index in [1.54, 1.807) is 0 Å². The van der Waals surface area contributed by atoms with Gasteiger partial charge in [-0.2, -0.15) is 0 Å². The van der Waals surface area contributed by atoms with Crippen molar-refractivity contribution in [3.05, 3.63) is 0 Å². The van der Waals surface area contributed by atoms with Crippen molar-refractivity contribution in [3.63, 3.8) is 0 Å². The van der Waals surface area contributed by atoms with Gasteiger partial charge in [-0.25, -0.2) is 0 Å². The molecule has 1 N–H and O–H groups in total. The first-order valence-corrected chi connectivity index (χ1v) is 6.67. The number of hydrogen-bond acceptors (Lipinski definition) is 2. The Hall–Kier alpha value is -0.0800. The lowest BCUT2D eigenvalue weighted by Gasteiger charge is -2.34. The third-order valence-electron chi connectivity index (χ3n) is 3.30. The predicted molar refractivity (Wildman–Crippen MR) is 67.2 cm³/mol. The summed E-state index contributed by atoms with van der Waals surface area (Å²) in [5, 5.41) is 3.51. The largest absolute Gasteiger partial charge is 0.315 e. The van der Waals surface area contributed by atoms with E-state index in [-0.39, 0.29) is 0 Å². The molecule has 1 fully saturated rings. The fourth-order valence-electron chi connectivity index (χ4n) is 2.31. The van der Waals surface area contributed by atoms with Gasteiger partial charge in [0.1, 0.15) is 0 Å². The van der Waals surface area contributed by atoms with Gasteiger partial charge in [0, 0.05) is 18.6 Å². The van der Waals surface area contributed by atoms with Crippen LogP contribution < -0.4 is 5.32 Å². The van der Waals surface area contributed by atoms with Crippen LogP contribution >= 0.6 is 0 Å². The molecule has 1 rings (SSSR count). The Labute approximate surface area is 95.4 Å². The Morgan fingerprint density at radius 2 is 1.93 bits per heavy atom. The topological polar surface area (TPSA) is 15.3 Å². The van der Waals surface area contributed by atoms with Gasteiger partial charge in [0.2, 0.25) is 0 Å². The molecule has 15 heavy (non-hydrogen) atoms. The van der Waals surface area contributed by atoms with E-state index in [2.05, 4.69) is 37.9 Å². The van der Waals surface area contributed by atoms with Gasteiger partial charge in [-0.15, -0.1) is 0 Å². The monoisotopic (exact) mass is 212 g/mol. The highest BCUT2D eigenvalue weighted by Gasteiger charge is 2.34. The summed E-state index contributed by atoms with van der Waals surface area (Å²) in [4.78, 5) is 2.74. The van der Waals surface area contributed by atoms with E-state index in [9.17, 15) is 0 Å². The molecular formula is C13H28N2. The van der Waals surface area contributed by atoms with E-state index in [0.717, 1.165) is 31.1 Å². The first-order valence-electron chi connectivity index (χ1n) is 6.67. The summed E-state index contributed by atoms with van der Waals surface area (Å²) in [5.74, 6) is 0.760. The molecule has 0 heterocycles. The predicted octanol–water partition coefficient (Wildman–Crippen LogP) is 2.49. The van der Waals surface area contributed by atoms with Gasteiger partial charge in [-0.05, 0) is 38.3 Å². The van der Waals surface area contributed by atoms with Crippen LogP contribution in [-0.2, 0) is 0 Å². The van der Waals surface area contributed by atoms with Crippen LogP contribution in [0.5, 0.6) is 0 Å². The van der Waals surface area contributed by atoms with Gasteiger partial charge in [0.15, 0.2) is 0 Å². The fourth-order valence-corrected chi connectivity index (χ4v) is 2.31. The Kier molecular flexibility index (Phi) is 5.62. The van der Waals surface area contributed by atoms with Crippen molar-refractivity contribution in [2.45, 2.75) is 59.0 Å². The minimum Gasteiger partial charge on any atom is -0.315 e. The third kappa shape index (κ3) is 4.12. The Morgan fingerprint density at radius 1 is 1.27 bits per heavy atom. The summed E-state index contributed by atoms with van der Waals surface area (Å²) in [6.07, 6.45) is 4.14. The number of hydrogen-bond donors (Lipinski definition) is 1. The number of nitrogens with zero attached hydrogens (tertiary/aromatic N) is 1. The van der Waals surface area contributed by atoms with Crippen molar-refractivity contribution in [2.75, 3.05) is 19.6 Å². The SMILES string of the molecule is CCCN(C1CC1)C(CNCC)C(C)C. The highest BCUT2D eigenvalue weighted by atomic mass is 15.2. The molecule has 1 unspecified atom stereocenters. The normalized spacial score (nSPS) is 18.8. The van der Waals surface area contributed by atoms with Crippen molar-refractivity contribution >= 4 is 0 Å². The first-order chi connectivity index (χ1) is 7.20. The molecule has 0 aromatic heterocycles. The van der Waals surface area contributed by atoms with E-state index < -0.39 is 0 Å². The molecule has 90 valence electrons. The van der Waals surface area contributed by atoms with E-state index in [4.69, 9.17) is 0 Å². The second-order valence-electron chi connectivity index (χ2n) is 5.09. The molecule has 0 aromatic rings. The lowest BCUT2D eigenvalue weighted by Crippen LogP contribution is -2.47. The standard InChI is InChI=1S/C13H28N2/c1-5-9-15(12-7-8-12)13(11(3)4)10-14-6-2/h11-14H,5-10H2,1-4H3. The smallest absolute Gasteiger partial charge is 0.0246 e. The average molecular weight is 212 g/mol. The zero-order valence-corrected chi connectivity index (χ0v) is 10.9. The average Bonchev–Trinajstić information content (AvgIpc) is 2.99. The Morgan fingerprint density at radius 3 is 2.33 bits per heavy atom. The zero-order chi connectivity index (χ0) is 11.3. The number of nitrogens with one attached hydrogen (secondary N) is 1. The van der Waals surface area contributed by atoms with Gasteiger partial charge in [0.25, 0.3) is 0 Å². The molecule has 2 heteroatoms. The minimum atomic E-state index is 0.734. The number of rotatable bonds is 8. The zero-order valence-electron chi connectivity index (χ0n) is 10.9. The molecule has 1 aliphatic rings. The van der Waals surface area contributed by atoms with Crippen LogP contribution in [0.4, 0.5) is 0 Å². The second kappa shape index (κ2) is 6.49. The van der Waals surface area contributed by atoms with Crippen LogP contribution in [0, 0.1) is 5.92 Å². The van der Waals surface area contributed by atoms with Crippen LogP contribution in [0.2, 0.25) is 0 Å². The van der Waals surface area contributed by atoms with Crippen LogP contribution in [0.15, 0.2) is 0 Å². The van der Waals surface area contributed by atoms with E-state index >= 15 is 0 Å². The first kappa shape index (κ1) is 13.0. The van der Waals surface area contributed by atoms with Gasteiger partial charge >= 0.3 is 0 Å². The molecule has 0 aromatic carbocycles. The maximum absolute atomic E-state index is 3.51. The van der Waals surface area contributed by atoms with Crippen molar-refractivity contribution in [3.8, 4) is 0 Å². The Bertz CT molecular complexity index is 164. The molecule has 1 atom stereocenters. The molecule has 0 aliphatic heterocycles. The number of likely N-dealkylation sites (N-methyl/N-ethyl adjacent to an activating group) is 1. The van der Waals surface area contributed by atoms with Crippen molar-refractivity contribution in [1.29, 1.82) is 0 Å². The quantitative estimate of drug-likeness (QED) is 0.665. The van der Waals surface area contributed by atoms with Crippen LogP contribution in [0.3, 0.4) is 0 Å². The molecule has 2 nitrogen and oxygen atoms in total. The highest BCUT2D eigenvalue weighted by Crippen LogP contribution is 2.30. The molecule has 0 spiro atoms. The van der Waals surface area contributed by atoms with Gasteiger partial charge in [-0.3, -0.25) is 4.90 Å². The highest BCUT2D eigenvalue weighted by molar-refractivity contribution is 4.90. The molecule has 0 radical (unpaired) electrons. The lowest BCUT2D eigenvalue weighted by atomic mass is 10.0. The van der Waals surface area contributed by atoms with Crippen molar-refractivity contribution in [1.82, 2.24) is 10.2 Å². The van der Waals surface area contributed by atoms with E-state index in [0.29, 0.717) is 0 Å². The third-order valence-corrected chi connectivity index (χ3v) is 3.30. The summed E-state index contributed by atoms with van der Waals surface area (Å²) in [6, 6.07) is 1.63. The molecule has 0 amide bonds. The van der Waals surface area contributed by atoms with Crippen LogP contribution in [0.1, 0.15) is 47.0 Å². The van der Waals surface area contributed by atoms with Crippen LogP contribution in [-0.4, -0.2) is 36.6 Å². The van der Waals surface area contributed by atoms with Crippen molar-refractivity contribution < 1.29 is 0 Å². The molecule has 1 saturated carbocycles. The van der Waals surface area contributed by atoms with Gasteiger partial charge in [-0.1, -0.05) is 27.7 Å². The summed E-state index contributed by atoms with van der Waals surface area (Å²) >= 11 is 0. The summed E-state index contributed by atoms with van der Waals surface area (Å²) in [6.45, 7) is 12.7. The molecule has 1 aliphatic carbocycles. The summed E-state index contributed by atoms with van der Waals surface area (Å²) < 4.78 is 0. The van der Waals surface area contributed by atoms with Gasteiger partial charge < -0.3 is 5.32 Å².